The molecule has 0 unspecified atom stereocenters. The van der Waals surface area contributed by atoms with Gasteiger partial charge in [0.2, 0.25) is 0 Å². The molecule has 9 heteroatoms. The molecule has 0 aliphatic carbocycles. The second kappa shape index (κ2) is 10.6. The van der Waals surface area contributed by atoms with Gasteiger partial charge in [-0.25, -0.2) is 0 Å². The van der Waals surface area contributed by atoms with Gasteiger partial charge in [-0.2, -0.15) is 0 Å². The van der Waals surface area contributed by atoms with Crippen LogP contribution >= 0.6 is 19.8 Å². The van der Waals surface area contributed by atoms with Crippen molar-refractivity contribution in [2.45, 2.75) is 19.9 Å². The van der Waals surface area contributed by atoms with Crippen molar-refractivity contribution in [3.63, 3.8) is 0 Å². The van der Waals surface area contributed by atoms with Crippen LogP contribution in [0.1, 0.15) is 29.8 Å². The summed E-state index contributed by atoms with van der Waals surface area (Å²) in [4.78, 5) is 44.3. The molecule has 2 aliphatic heterocycles. The molecule has 1 aromatic carbocycles. The number of amidine groups is 1. The zero-order valence-corrected chi connectivity index (χ0v) is 21.6. The number of aliphatic imine (C=N–C) groups is 3. The number of nitrogens with one attached hydrogen (secondary N) is 1. The first-order valence-electron chi connectivity index (χ1n) is 10.7. The summed E-state index contributed by atoms with van der Waals surface area (Å²) in [5.74, 6) is 5.78. The van der Waals surface area contributed by atoms with Crippen molar-refractivity contribution in [2.75, 3.05) is 12.4 Å². The molecule has 35 heavy (non-hydrogen) atoms. The van der Waals surface area contributed by atoms with Crippen LogP contribution in [-0.4, -0.2) is 51.1 Å². The van der Waals surface area contributed by atoms with Gasteiger partial charge in [-0.1, -0.05) is 0 Å². The van der Waals surface area contributed by atoms with Crippen molar-refractivity contribution in [3.05, 3.63) is 73.7 Å². The average Bonchev–Trinajstić information content (AvgIpc) is 3.28. The van der Waals surface area contributed by atoms with Crippen LogP contribution in [0.15, 0.2) is 77.5 Å². The van der Waals surface area contributed by atoms with Gasteiger partial charge in [-0.05, 0) is 0 Å². The van der Waals surface area contributed by atoms with Gasteiger partial charge in [0.15, 0.2) is 0 Å². The fourth-order valence-electron chi connectivity index (χ4n) is 3.43. The van der Waals surface area contributed by atoms with E-state index < -0.39 is 19.8 Å². The summed E-state index contributed by atoms with van der Waals surface area (Å²) >= 11 is -2.12. The van der Waals surface area contributed by atoms with Gasteiger partial charge in [-0.15, -0.1) is 0 Å². The number of anilines is 1. The fraction of sp³-hybridized carbons (Fsp3) is 0.154. The van der Waals surface area contributed by atoms with Crippen molar-refractivity contribution < 1.29 is 9.59 Å². The first-order chi connectivity index (χ1) is 16.9. The number of amides is 2. The minimum atomic E-state index is -2.12. The molecule has 1 N–H and O–H groups in total. The summed E-state index contributed by atoms with van der Waals surface area (Å²) < 4.78 is 4.01. The number of pyridine rings is 1. The first-order valence-corrected chi connectivity index (χ1v) is 14.1. The van der Waals surface area contributed by atoms with Gasteiger partial charge in [0.25, 0.3) is 0 Å². The van der Waals surface area contributed by atoms with E-state index in [0.717, 1.165) is 18.6 Å². The Morgan fingerprint density at radius 3 is 2.63 bits per heavy atom. The van der Waals surface area contributed by atoms with E-state index in [1.54, 1.807) is 55.5 Å². The zero-order chi connectivity index (χ0) is 24.9. The molecular weight excluding hydrogens is 555 g/mol. The van der Waals surface area contributed by atoms with Crippen LogP contribution in [0.25, 0.3) is 5.70 Å². The van der Waals surface area contributed by atoms with E-state index in [4.69, 9.17) is 4.99 Å². The Labute approximate surface area is 211 Å². The molecule has 8 nitrogen and oxygen atoms in total. The Morgan fingerprint density at radius 1 is 1.20 bits per heavy atom. The normalized spacial score (nSPS) is 15.8. The third-order valence-corrected chi connectivity index (χ3v) is 10.9. The predicted octanol–water partition coefficient (Wildman–Crippen LogP) is 4.38. The van der Waals surface area contributed by atoms with Crippen LogP contribution in [0.4, 0.5) is 5.82 Å². The summed E-state index contributed by atoms with van der Waals surface area (Å²) in [5.41, 5.74) is 2.10. The maximum atomic E-state index is 12.6. The Morgan fingerprint density at radius 2 is 1.97 bits per heavy atom. The van der Waals surface area contributed by atoms with Gasteiger partial charge < -0.3 is 0 Å². The molecule has 2 aromatic rings. The number of carbonyl (C=O) groups is 2. The molecule has 0 spiro atoms. The molecule has 2 aliphatic rings. The van der Waals surface area contributed by atoms with Crippen LogP contribution in [0.3, 0.4) is 0 Å². The number of nitrogens with zero attached hydrogens (tertiary/aromatic N) is 5. The van der Waals surface area contributed by atoms with E-state index in [-0.39, 0.29) is 17.9 Å². The number of aromatic nitrogens is 1. The number of hydrogen-bond acceptors (Lipinski definition) is 6. The summed E-state index contributed by atoms with van der Waals surface area (Å²) in [6.07, 6.45) is 3.37. The molecule has 1 atom stereocenters. The molecule has 0 saturated heterocycles. The van der Waals surface area contributed by atoms with Crippen LogP contribution in [-0.2, 0) is 4.79 Å². The third kappa shape index (κ3) is 4.97. The molecule has 0 bridgehead atoms. The number of rotatable bonds is 5. The molecular formula is C26H23IN6O2. The zero-order valence-electron chi connectivity index (χ0n) is 19.5. The SMILES string of the molecule is C=NC1=NC=CI2C([C@H](C)N(C)C(=O)C#CC)=NC(c3ccc(C(=O)Nc4ccccn4)cc3)=C12. The van der Waals surface area contributed by atoms with Crippen LogP contribution < -0.4 is 5.32 Å². The average molecular weight is 578 g/mol. The van der Waals surface area contributed by atoms with Gasteiger partial charge in [-0.3, -0.25) is 0 Å². The van der Waals surface area contributed by atoms with Gasteiger partial charge in [0.05, 0.1) is 0 Å². The molecule has 0 fully saturated rings. The number of carbonyl (C=O) groups excluding carboxylic acids is 2. The summed E-state index contributed by atoms with van der Waals surface area (Å²) in [7, 11) is 1.73. The van der Waals surface area contributed by atoms with E-state index in [1.807, 2.05) is 25.1 Å². The van der Waals surface area contributed by atoms with Gasteiger partial charge in [0, 0.05) is 0 Å². The number of fused-ring (bicyclic) bond motifs is 1. The Bertz CT molecular complexity index is 1360. The minimum absolute atomic E-state index is 0.238. The summed E-state index contributed by atoms with van der Waals surface area (Å²) in [6.45, 7) is 7.29. The molecule has 0 radical (unpaired) electrons. The summed E-state index contributed by atoms with van der Waals surface area (Å²) in [5, 5.41) is 2.78. The van der Waals surface area contributed by atoms with Crippen LogP contribution in [0.5, 0.6) is 0 Å². The van der Waals surface area contributed by atoms with Crippen molar-refractivity contribution in [1.29, 1.82) is 0 Å². The van der Waals surface area contributed by atoms with Crippen molar-refractivity contribution in [3.8, 4) is 11.8 Å². The van der Waals surface area contributed by atoms with Gasteiger partial charge >= 0.3 is 212 Å². The van der Waals surface area contributed by atoms with Crippen molar-refractivity contribution in [1.82, 2.24) is 9.88 Å². The quantitative estimate of drug-likeness (QED) is 0.324. The molecule has 3 heterocycles. The van der Waals surface area contributed by atoms with E-state index in [0.29, 0.717) is 17.2 Å². The maximum absolute atomic E-state index is 12.6. The second-order valence-corrected chi connectivity index (χ2v) is 12.2. The second-order valence-electron chi connectivity index (χ2n) is 7.51. The van der Waals surface area contributed by atoms with Crippen molar-refractivity contribution in [2.24, 2.45) is 15.0 Å². The number of halogens is 1. The van der Waals surface area contributed by atoms with E-state index >= 15 is 0 Å². The van der Waals surface area contributed by atoms with E-state index in [1.165, 1.54) is 0 Å². The third-order valence-electron chi connectivity index (χ3n) is 5.37. The van der Waals surface area contributed by atoms with Crippen LogP contribution in [0.2, 0.25) is 0 Å². The van der Waals surface area contributed by atoms with Gasteiger partial charge in [0.1, 0.15) is 0 Å². The Hall–Kier alpha value is -3.91. The van der Waals surface area contributed by atoms with E-state index in [2.05, 4.69) is 42.9 Å². The predicted molar refractivity (Wildman–Crippen MR) is 149 cm³/mol. The van der Waals surface area contributed by atoms with Crippen molar-refractivity contribution >= 4 is 59.4 Å². The number of hydrogen-bond donors (Lipinski definition) is 1. The van der Waals surface area contributed by atoms with Crippen LogP contribution in [0, 0.1) is 11.8 Å². The Kier molecular flexibility index (Phi) is 7.31. The molecule has 1 aromatic heterocycles. The number of benzene rings is 1. The standard InChI is InChI=1S/C26H23IN6O2/c1-5-8-21(34)33(4)17(2)24-27-14-16-30-25(28-3)22(27)23(32-24)18-10-12-19(13-11-18)26(35)31-20-9-6-7-15-29-20/h6-7,9-17H,3H2,1-2,4H3,(H,29,31,35)/t17-/m0/s1. The molecule has 2 amide bonds. The van der Waals surface area contributed by atoms with E-state index in [9.17, 15) is 9.59 Å². The first kappa shape index (κ1) is 24.2. The summed E-state index contributed by atoms with van der Waals surface area (Å²) in [6, 6.07) is 12.3. The molecule has 176 valence electrons. The topological polar surface area (TPSA) is 99.4 Å². The molecule has 4 rings (SSSR count). The molecule has 0 saturated carbocycles. The monoisotopic (exact) mass is 578 g/mol. The fourth-order valence-corrected chi connectivity index (χ4v) is 8.90. The Balaban J connectivity index is 1.66.